The molecule has 0 heterocycles. The van der Waals surface area contributed by atoms with Gasteiger partial charge in [0, 0.05) is 5.70 Å². The Hall–Kier alpha value is -0.830. The first kappa shape index (κ1) is 14.7. The molecule has 76 valence electrons. The van der Waals surface area contributed by atoms with E-state index in [1.165, 1.54) is 0 Å². The predicted molar refractivity (Wildman–Crippen MR) is 64.5 cm³/mol. The number of nitrogens with two attached hydrogens (primary N) is 1. The number of thiocarbonyl (C=S) groups is 1. The lowest BCUT2D eigenvalue weighted by Gasteiger charge is -2.10. The Bertz CT molecular complexity index is 213. The third-order valence-corrected chi connectivity index (χ3v) is 1.22. The third-order valence-electron chi connectivity index (χ3n) is 1.12. The van der Waals surface area contributed by atoms with Crippen molar-refractivity contribution in [3.63, 3.8) is 0 Å². The molecule has 0 aliphatic carbocycles. The highest BCUT2D eigenvalue weighted by atomic mass is 32.1. The SMILES string of the molecule is C=C(C)/C(NC(C)=S)=C(\C)N.CC. The smallest absolute Gasteiger partial charge is 0.0766 e. The van der Waals surface area contributed by atoms with Crippen molar-refractivity contribution in [1.29, 1.82) is 0 Å². The van der Waals surface area contributed by atoms with E-state index in [0.717, 1.165) is 11.3 Å². The van der Waals surface area contributed by atoms with Gasteiger partial charge in [0.2, 0.25) is 0 Å². The lowest BCUT2D eigenvalue weighted by atomic mass is 10.2. The molecule has 0 unspecified atom stereocenters. The van der Waals surface area contributed by atoms with Crippen LogP contribution in [0.5, 0.6) is 0 Å². The van der Waals surface area contributed by atoms with Crippen LogP contribution in [0.1, 0.15) is 34.6 Å². The zero-order valence-corrected chi connectivity index (χ0v) is 10.0. The van der Waals surface area contributed by atoms with Gasteiger partial charge in [0.15, 0.2) is 0 Å². The zero-order valence-electron chi connectivity index (χ0n) is 9.19. The predicted octanol–water partition coefficient (Wildman–Crippen LogP) is 2.72. The van der Waals surface area contributed by atoms with Crippen LogP contribution in [0.2, 0.25) is 0 Å². The number of nitrogens with one attached hydrogen (secondary N) is 1. The van der Waals surface area contributed by atoms with Gasteiger partial charge >= 0.3 is 0 Å². The summed E-state index contributed by atoms with van der Waals surface area (Å²) in [5.74, 6) is 0. The second-order valence-corrected chi connectivity index (χ2v) is 3.13. The molecule has 0 saturated heterocycles. The van der Waals surface area contributed by atoms with Crippen molar-refractivity contribution >= 4 is 17.2 Å². The summed E-state index contributed by atoms with van der Waals surface area (Å²) in [6.45, 7) is 13.3. The first-order valence-electron chi connectivity index (χ1n) is 4.35. The molecule has 13 heavy (non-hydrogen) atoms. The standard InChI is InChI=1S/C8H14N2S.C2H6/c1-5(2)8(6(3)9)10-7(4)11;1-2/h1,9H2,2-4H3,(H,10,11);1-2H3/b8-6-;. The Morgan fingerprint density at radius 1 is 1.23 bits per heavy atom. The molecule has 0 amide bonds. The van der Waals surface area contributed by atoms with Crippen molar-refractivity contribution in [2.24, 2.45) is 5.73 Å². The average Bonchev–Trinajstić information content (AvgIpc) is 2.03. The van der Waals surface area contributed by atoms with Crippen LogP contribution in [0.25, 0.3) is 0 Å². The molecule has 0 aromatic rings. The van der Waals surface area contributed by atoms with Gasteiger partial charge in [-0.15, -0.1) is 0 Å². The van der Waals surface area contributed by atoms with Crippen LogP contribution in [0.3, 0.4) is 0 Å². The number of hydrogen-bond acceptors (Lipinski definition) is 2. The Morgan fingerprint density at radius 2 is 1.62 bits per heavy atom. The van der Waals surface area contributed by atoms with Crippen LogP contribution in [0, 0.1) is 0 Å². The maximum atomic E-state index is 5.58. The zero-order chi connectivity index (χ0) is 11.0. The van der Waals surface area contributed by atoms with Crippen molar-refractivity contribution in [3.05, 3.63) is 23.5 Å². The summed E-state index contributed by atoms with van der Waals surface area (Å²) in [6.07, 6.45) is 0. The number of allylic oxidation sites excluding steroid dienone is 2. The van der Waals surface area contributed by atoms with Crippen LogP contribution in [-0.4, -0.2) is 4.99 Å². The molecular formula is C10H20N2S. The maximum absolute atomic E-state index is 5.58. The van der Waals surface area contributed by atoms with Gasteiger partial charge in [-0.3, -0.25) is 0 Å². The third kappa shape index (κ3) is 7.53. The topological polar surface area (TPSA) is 38.0 Å². The summed E-state index contributed by atoms with van der Waals surface area (Å²) >= 11 is 4.87. The van der Waals surface area contributed by atoms with E-state index in [2.05, 4.69) is 11.9 Å². The first-order valence-corrected chi connectivity index (χ1v) is 4.75. The Morgan fingerprint density at radius 3 is 1.69 bits per heavy atom. The molecule has 0 aromatic heterocycles. The van der Waals surface area contributed by atoms with Crippen LogP contribution < -0.4 is 11.1 Å². The number of rotatable bonds is 2. The maximum Gasteiger partial charge on any atom is 0.0766 e. The molecule has 3 heteroatoms. The minimum Gasteiger partial charge on any atom is -0.401 e. The van der Waals surface area contributed by atoms with Gasteiger partial charge in [-0.1, -0.05) is 32.6 Å². The van der Waals surface area contributed by atoms with E-state index in [9.17, 15) is 0 Å². The fourth-order valence-corrected chi connectivity index (χ4v) is 0.820. The van der Waals surface area contributed by atoms with Crippen molar-refractivity contribution in [2.75, 3.05) is 0 Å². The van der Waals surface area contributed by atoms with Crippen molar-refractivity contribution < 1.29 is 0 Å². The fourth-order valence-electron chi connectivity index (χ4n) is 0.718. The molecule has 0 fully saturated rings. The monoisotopic (exact) mass is 200 g/mol. The van der Waals surface area contributed by atoms with E-state index in [4.69, 9.17) is 18.0 Å². The molecule has 0 atom stereocenters. The summed E-state index contributed by atoms with van der Waals surface area (Å²) in [5, 5.41) is 2.97. The van der Waals surface area contributed by atoms with Crippen molar-refractivity contribution in [2.45, 2.75) is 34.6 Å². The molecule has 0 bridgehead atoms. The van der Waals surface area contributed by atoms with Gasteiger partial charge in [-0.05, 0) is 26.3 Å². The molecule has 0 rings (SSSR count). The number of hydrogen-bond donors (Lipinski definition) is 2. The van der Waals surface area contributed by atoms with Crippen molar-refractivity contribution in [1.82, 2.24) is 5.32 Å². The molecule has 2 nitrogen and oxygen atoms in total. The highest BCUT2D eigenvalue weighted by Gasteiger charge is 1.99. The molecule has 0 spiro atoms. The van der Waals surface area contributed by atoms with Gasteiger partial charge in [-0.2, -0.15) is 0 Å². The van der Waals surface area contributed by atoms with E-state index < -0.39 is 0 Å². The molecule has 0 radical (unpaired) electrons. The second kappa shape index (κ2) is 7.80. The lowest BCUT2D eigenvalue weighted by molar-refractivity contribution is 1.06. The lowest BCUT2D eigenvalue weighted by Crippen LogP contribution is -2.21. The average molecular weight is 200 g/mol. The van der Waals surface area contributed by atoms with Gasteiger partial charge in [0.1, 0.15) is 0 Å². The molecule has 0 saturated carbocycles. The molecule has 0 aliphatic heterocycles. The van der Waals surface area contributed by atoms with E-state index in [-0.39, 0.29) is 0 Å². The fraction of sp³-hybridized carbons (Fsp3) is 0.500. The van der Waals surface area contributed by atoms with E-state index in [1.54, 1.807) is 6.92 Å². The van der Waals surface area contributed by atoms with Gasteiger partial charge in [-0.25, -0.2) is 0 Å². The second-order valence-electron chi connectivity index (χ2n) is 2.52. The van der Waals surface area contributed by atoms with Crippen LogP contribution >= 0.6 is 12.2 Å². The van der Waals surface area contributed by atoms with Gasteiger partial charge < -0.3 is 11.1 Å². The van der Waals surface area contributed by atoms with E-state index >= 15 is 0 Å². The summed E-state index contributed by atoms with van der Waals surface area (Å²) in [4.78, 5) is 0.702. The van der Waals surface area contributed by atoms with E-state index in [0.29, 0.717) is 10.7 Å². The largest absolute Gasteiger partial charge is 0.401 e. The highest BCUT2D eigenvalue weighted by molar-refractivity contribution is 7.80. The minimum absolute atomic E-state index is 0.702. The van der Waals surface area contributed by atoms with Crippen LogP contribution in [0.4, 0.5) is 0 Å². The van der Waals surface area contributed by atoms with Crippen molar-refractivity contribution in [3.8, 4) is 0 Å². The van der Waals surface area contributed by atoms with E-state index in [1.807, 2.05) is 27.7 Å². The molecular weight excluding hydrogens is 180 g/mol. The quantitative estimate of drug-likeness (QED) is 0.531. The first-order chi connectivity index (χ1) is 5.95. The Balaban J connectivity index is 0. The summed E-state index contributed by atoms with van der Waals surface area (Å²) in [5.41, 5.74) is 8.02. The highest BCUT2D eigenvalue weighted by Crippen LogP contribution is 2.05. The minimum atomic E-state index is 0.702. The summed E-state index contributed by atoms with van der Waals surface area (Å²) in [6, 6.07) is 0. The van der Waals surface area contributed by atoms with Gasteiger partial charge in [0.25, 0.3) is 0 Å². The Labute approximate surface area is 86.9 Å². The molecule has 0 aliphatic rings. The molecule has 3 N–H and O–H groups in total. The summed E-state index contributed by atoms with van der Waals surface area (Å²) in [7, 11) is 0. The Kier molecular flexibility index (Phi) is 8.81. The summed E-state index contributed by atoms with van der Waals surface area (Å²) < 4.78 is 0. The van der Waals surface area contributed by atoms with Crippen LogP contribution in [-0.2, 0) is 0 Å². The molecule has 0 aromatic carbocycles. The van der Waals surface area contributed by atoms with Gasteiger partial charge in [0.05, 0.1) is 10.7 Å². The normalized spacial score (nSPS) is 10.5. The van der Waals surface area contributed by atoms with Crippen LogP contribution in [0.15, 0.2) is 23.5 Å².